The number of amides is 1. The van der Waals surface area contributed by atoms with Gasteiger partial charge in [0, 0.05) is 25.6 Å². The van der Waals surface area contributed by atoms with Gasteiger partial charge in [-0.05, 0) is 56.5 Å². The normalized spacial score (nSPS) is 18.5. The summed E-state index contributed by atoms with van der Waals surface area (Å²) in [6, 6.07) is 14.7. The molecule has 0 aromatic heterocycles. The van der Waals surface area contributed by atoms with Crippen LogP contribution in [-0.2, 0) is 26.1 Å². The van der Waals surface area contributed by atoms with Gasteiger partial charge in [-0.15, -0.1) is 0 Å². The molecular weight excluding hydrogens is 470 g/mol. The molecule has 0 spiro atoms. The molecular formula is C25H29N3O6S. The monoisotopic (exact) mass is 499 g/mol. The second-order valence-corrected chi connectivity index (χ2v) is 11.2. The highest BCUT2D eigenvalue weighted by Crippen LogP contribution is 2.34. The van der Waals surface area contributed by atoms with Crippen molar-refractivity contribution in [2.75, 3.05) is 13.1 Å². The fraction of sp³-hybridized carbons (Fsp3) is 0.400. The highest BCUT2D eigenvalue weighted by atomic mass is 32.2. The van der Waals surface area contributed by atoms with E-state index in [1.54, 1.807) is 45.0 Å². The van der Waals surface area contributed by atoms with Gasteiger partial charge in [0.05, 0.1) is 22.4 Å². The molecule has 2 atom stereocenters. The molecule has 2 aromatic rings. The minimum Gasteiger partial charge on any atom is -0.481 e. The lowest BCUT2D eigenvalue weighted by Crippen LogP contribution is -2.46. The Morgan fingerprint density at radius 3 is 2.57 bits per heavy atom. The first-order chi connectivity index (χ1) is 16.4. The minimum atomic E-state index is -3.86. The molecule has 1 amide bonds. The molecule has 1 aliphatic heterocycles. The van der Waals surface area contributed by atoms with Gasteiger partial charge in [0.25, 0.3) is 0 Å². The number of ether oxygens (including phenoxy) is 1. The van der Waals surface area contributed by atoms with Crippen LogP contribution in [0.2, 0.25) is 0 Å². The summed E-state index contributed by atoms with van der Waals surface area (Å²) in [4.78, 5) is 26.0. The molecule has 2 N–H and O–H groups in total. The molecule has 1 fully saturated rings. The summed E-state index contributed by atoms with van der Waals surface area (Å²) in [6.07, 6.45) is -0.208. The number of piperidine rings is 1. The summed E-state index contributed by atoms with van der Waals surface area (Å²) in [5.74, 6) is -2.10. The van der Waals surface area contributed by atoms with Gasteiger partial charge in [-0.2, -0.15) is 5.26 Å². The third kappa shape index (κ3) is 6.81. The molecule has 0 saturated carbocycles. The summed E-state index contributed by atoms with van der Waals surface area (Å²) < 4.78 is 33.3. The molecule has 2 unspecified atom stereocenters. The van der Waals surface area contributed by atoms with Crippen molar-refractivity contribution in [2.24, 2.45) is 5.92 Å². The smallest absolute Gasteiger partial charge is 0.410 e. The van der Waals surface area contributed by atoms with E-state index in [-0.39, 0.29) is 36.5 Å². The first-order valence-corrected chi connectivity index (χ1v) is 12.7. The predicted octanol–water partition coefficient (Wildman–Crippen LogP) is 3.46. The number of hydrogen-bond acceptors (Lipinski definition) is 6. The van der Waals surface area contributed by atoms with Crippen molar-refractivity contribution in [1.29, 1.82) is 5.26 Å². The van der Waals surface area contributed by atoms with Crippen LogP contribution < -0.4 is 4.72 Å². The van der Waals surface area contributed by atoms with E-state index in [4.69, 9.17) is 10.00 Å². The van der Waals surface area contributed by atoms with E-state index >= 15 is 0 Å². The van der Waals surface area contributed by atoms with E-state index in [2.05, 4.69) is 4.72 Å². The number of nitrogens with one attached hydrogen (secondary N) is 1. The second kappa shape index (κ2) is 10.5. The van der Waals surface area contributed by atoms with Gasteiger partial charge in [0.1, 0.15) is 5.60 Å². The number of nitriles is 1. The maximum absolute atomic E-state index is 12.7. The number of hydrogen-bond donors (Lipinski definition) is 2. The van der Waals surface area contributed by atoms with Gasteiger partial charge in [-0.3, -0.25) is 4.79 Å². The van der Waals surface area contributed by atoms with Crippen molar-refractivity contribution in [3.05, 3.63) is 65.2 Å². The zero-order chi connectivity index (χ0) is 25.8. The van der Waals surface area contributed by atoms with Crippen LogP contribution in [0.15, 0.2) is 53.4 Å². The van der Waals surface area contributed by atoms with Crippen molar-refractivity contribution in [2.45, 2.75) is 50.2 Å². The van der Waals surface area contributed by atoms with Crippen LogP contribution in [0.25, 0.3) is 0 Å². The predicted molar refractivity (Wildman–Crippen MR) is 128 cm³/mol. The molecule has 1 heterocycles. The minimum absolute atomic E-state index is 0.0149. The van der Waals surface area contributed by atoms with E-state index < -0.39 is 39.5 Å². The summed E-state index contributed by atoms with van der Waals surface area (Å²) in [5.41, 5.74) is 0.913. The van der Waals surface area contributed by atoms with Gasteiger partial charge in [-0.1, -0.05) is 30.3 Å². The van der Waals surface area contributed by atoms with Gasteiger partial charge in [0.15, 0.2) is 0 Å². The number of sulfonamides is 1. The molecule has 0 radical (unpaired) electrons. The summed E-state index contributed by atoms with van der Waals surface area (Å²) in [6.45, 7) is 5.76. The number of nitrogens with zero attached hydrogens (tertiary/aromatic N) is 2. The number of carbonyl (C=O) groups excluding carboxylic acids is 1. The van der Waals surface area contributed by atoms with Crippen LogP contribution in [0.5, 0.6) is 0 Å². The van der Waals surface area contributed by atoms with Crippen molar-refractivity contribution in [3.8, 4) is 6.07 Å². The topological polar surface area (TPSA) is 137 Å². The fourth-order valence-electron chi connectivity index (χ4n) is 4.01. The number of rotatable bonds is 6. The van der Waals surface area contributed by atoms with E-state index in [9.17, 15) is 23.1 Å². The maximum Gasteiger partial charge on any atom is 0.410 e. The molecule has 1 aliphatic rings. The Kier molecular flexibility index (Phi) is 7.83. The van der Waals surface area contributed by atoms with Crippen LogP contribution in [0.1, 0.15) is 49.8 Å². The number of carboxylic acids is 1. The Morgan fingerprint density at radius 2 is 1.91 bits per heavy atom. The Hall–Kier alpha value is -3.42. The standard InChI is InChI=1S/C25H29N3O6S/c1-25(2,3)34-24(31)28-11-10-21(23(29)30)22(16-28)19-8-4-7-18(12-19)15-27-35(32,33)20-9-5-6-17(13-20)14-26/h4-9,12-13,21-22,27H,10-11,15-16H2,1-3H3,(H,29,30). The second-order valence-electron chi connectivity index (χ2n) is 9.48. The maximum atomic E-state index is 12.7. The van der Waals surface area contributed by atoms with Crippen molar-refractivity contribution in [1.82, 2.24) is 9.62 Å². The SMILES string of the molecule is CC(C)(C)OC(=O)N1CCC(C(=O)O)C(c2cccc(CNS(=O)(=O)c3cccc(C#N)c3)c2)C1. The molecule has 2 aromatic carbocycles. The lowest BCUT2D eigenvalue weighted by molar-refractivity contribution is -0.144. The van der Waals surface area contributed by atoms with Crippen molar-refractivity contribution in [3.63, 3.8) is 0 Å². The zero-order valence-electron chi connectivity index (χ0n) is 19.9. The van der Waals surface area contributed by atoms with Gasteiger partial charge in [-0.25, -0.2) is 17.9 Å². The number of aliphatic carboxylic acids is 1. The molecule has 9 nitrogen and oxygen atoms in total. The summed E-state index contributed by atoms with van der Waals surface area (Å²) in [5, 5.41) is 18.8. The van der Waals surface area contributed by atoms with E-state index in [1.807, 2.05) is 6.07 Å². The van der Waals surface area contributed by atoms with Crippen molar-refractivity contribution >= 4 is 22.1 Å². The number of carboxylic acid groups (broad SMARTS) is 1. The highest BCUT2D eigenvalue weighted by molar-refractivity contribution is 7.89. The van der Waals surface area contributed by atoms with E-state index in [1.165, 1.54) is 29.2 Å². The van der Waals surface area contributed by atoms with Crippen molar-refractivity contribution < 1.29 is 27.9 Å². The third-order valence-electron chi connectivity index (χ3n) is 5.70. The first-order valence-electron chi connectivity index (χ1n) is 11.2. The largest absolute Gasteiger partial charge is 0.481 e. The average Bonchev–Trinajstić information content (AvgIpc) is 2.81. The average molecular weight is 500 g/mol. The van der Waals surface area contributed by atoms with Crippen LogP contribution in [0.3, 0.4) is 0 Å². The van der Waals surface area contributed by atoms with Crippen LogP contribution in [-0.4, -0.2) is 49.2 Å². The van der Waals surface area contributed by atoms with Gasteiger partial charge >= 0.3 is 12.1 Å². The highest BCUT2D eigenvalue weighted by Gasteiger charge is 2.38. The molecule has 186 valence electrons. The zero-order valence-corrected chi connectivity index (χ0v) is 20.7. The number of carbonyl (C=O) groups is 2. The number of benzene rings is 2. The fourth-order valence-corrected chi connectivity index (χ4v) is 5.07. The molecule has 10 heteroatoms. The molecule has 3 rings (SSSR count). The van der Waals surface area contributed by atoms with Crippen LogP contribution >= 0.6 is 0 Å². The molecule has 35 heavy (non-hydrogen) atoms. The van der Waals surface area contributed by atoms with E-state index in [0.717, 1.165) is 0 Å². The van der Waals surface area contributed by atoms with E-state index in [0.29, 0.717) is 11.1 Å². The van der Waals surface area contributed by atoms with Crippen LogP contribution in [0, 0.1) is 17.2 Å². The molecule has 0 aliphatic carbocycles. The molecule has 1 saturated heterocycles. The third-order valence-corrected chi connectivity index (χ3v) is 7.10. The quantitative estimate of drug-likeness (QED) is 0.621. The Morgan fingerprint density at radius 1 is 1.20 bits per heavy atom. The van der Waals surface area contributed by atoms with Gasteiger partial charge in [0.2, 0.25) is 10.0 Å². The molecule has 0 bridgehead atoms. The Labute approximate surface area is 205 Å². The number of likely N-dealkylation sites (tertiary alicyclic amines) is 1. The first kappa shape index (κ1) is 26.2. The summed E-state index contributed by atoms with van der Waals surface area (Å²) in [7, 11) is -3.86. The van der Waals surface area contributed by atoms with Crippen LogP contribution in [0.4, 0.5) is 4.79 Å². The summed E-state index contributed by atoms with van der Waals surface area (Å²) >= 11 is 0. The van der Waals surface area contributed by atoms with Gasteiger partial charge < -0.3 is 14.7 Å². The lowest BCUT2D eigenvalue weighted by atomic mass is 9.80. The lowest BCUT2D eigenvalue weighted by Gasteiger charge is -2.37. The Bertz CT molecular complexity index is 1250. The Balaban J connectivity index is 1.79.